The number of nitrogens with zero attached hydrogens (tertiary/aromatic N) is 3. The zero-order valence-corrected chi connectivity index (χ0v) is 15.6. The Morgan fingerprint density at radius 1 is 1.04 bits per heavy atom. The summed E-state index contributed by atoms with van der Waals surface area (Å²) in [4.78, 5) is 11.4. The molecule has 0 saturated carbocycles. The Morgan fingerprint density at radius 3 is 2.67 bits per heavy atom. The van der Waals surface area contributed by atoms with E-state index in [1.54, 1.807) is 20.4 Å². The summed E-state index contributed by atoms with van der Waals surface area (Å²) in [7, 11) is 3.24. The molecule has 0 spiro atoms. The van der Waals surface area contributed by atoms with Gasteiger partial charge in [0.2, 0.25) is 5.95 Å². The first-order valence-electron chi connectivity index (χ1n) is 8.89. The number of nitrogens with one attached hydrogen (secondary N) is 1. The van der Waals surface area contributed by atoms with Crippen LogP contribution < -0.4 is 19.7 Å². The summed E-state index contributed by atoms with van der Waals surface area (Å²) in [6.45, 7) is 2.19. The van der Waals surface area contributed by atoms with Gasteiger partial charge >= 0.3 is 0 Å². The standard InChI is InChI=1S/C21H22N4O2/c1-14-12-15-6-4-5-7-17(15)25(14)21-22-11-10-20(24-21)23-16-8-9-18(26-2)19(13-16)27-3/h4-11,13-14H,12H2,1-3H3,(H,22,23,24). The average Bonchev–Trinajstić information content (AvgIpc) is 3.03. The molecule has 4 rings (SSSR count). The van der Waals surface area contributed by atoms with Crippen LogP contribution in [0.2, 0.25) is 0 Å². The van der Waals surface area contributed by atoms with Gasteiger partial charge in [0.1, 0.15) is 5.82 Å². The second-order valence-corrected chi connectivity index (χ2v) is 6.49. The Labute approximate surface area is 158 Å². The molecule has 1 aliphatic heterocycles. The molecule has 1 atom stereocenters. The second-order valence-electron chi connectivity index (χ2n) is 6.49. The lowest BCUT2D eigenvalue weighted by Gasteiger charge is -2.23. The Balaban J connectivity index is 1.62. The molecule has 1 aromatic heterocycles. The molecule has 2 heterocycles. The summed E-state index contributed by atoms with van der Waals surface area (Å²) in [6.07, 6.45) is 2.77. The van der Waals surface area contributed by atoms with Crippen LogP contribution in [0.15, 0.2) is 54.7 Å². The number of anilines is 4. The third kappa shape index (κ3) is 3.26. The van der Waals surface area contributed by atoms with Crippen molar-refractivity contribution in [2.75, 3.05) is 24.4 Å². The summed E-state index contributed by atoms with van der Waals surface area (Å²) in [5.41, 5.74) is 3.37. The molecular weight excluding hydrogens is 340 g/mol. The van der Waals surface area contributed by atoms with E-state index in [2.05, 4.69) is 46.4 Å². The van der Waals surface area contributed by atoms with Crippen LogP contribution in [-0.4, -0.2) is 30.2 Å². The van der Waals surface area contributed by atoms with E-state index < -0.39 is 0 Å². The van der Waals surface area contributed by atoms with Gasteiger partial charge < -0.3 is 19.7 Å². The molecule has 0 saturated heterocycles. The van der Waals surface area contributed by atoms with Gasteiger partial charge in [0.25, 0.3) is 0 Å². The molecule has 0 amide bonds. The highest BCUT2D eigenvalue weighted by molar-refractivity contribution is 5.68. The van der Waals surface area contributed by atoms with E-state index in [9.17, 15) is 0 Å². The summed E-state index contributed by atoms with van der Waals surface area (Å²) in [5.74, 6) is 2.77. The number of rotatable bonds is 5. The van der Waals surface area contributed by atoms with Gasteiger partial charge in [0, 0.05) is 29.7 Å². The van der Waals surface area contributed by atoms with Gasteiger partial charge in [-0.3, -0.25) is 0 Å². The van der Waals surface area contributed by atoms with E-state index in [1.807, 2.05) is 24.3 Å². The number of aromatic nitrogens is 2. The molecule has 2 aromatic carbocycles. The first-order valence-corrected chi connectivity index (χ1v) is 8.89. The topological polar surface area (TPSA) is 59.5 Å². The second kappa shape index (κ2) is 7.15. The zero-order chi connectivity index (χ0) is 18.8. The van der Waals surface area contributed by atoms with Crippen molar-refractivity contribution < 1.29 is 9.47 Å². The maximum Gasteiger partial charge on any atom is 0.232 e. The van der Waals surface area contributed by atoms with Gasteiger partial charge in [-0.05, 0) is 43.2 Å². The Hall–Kier alpha value is -3.28. The molecular formula is C21H22N4O2. The first-order chi connectivity index (χ1) is 13.2. The lowest BCUT2D eigenvalue weighted by atomic mass is 10.1. The maximum atomic E-state index is 5.37. The fourth-order valence-corrected chi connectivity index (χ4v) is 3.47. The molecule has 0 fully saturated rings. The van der Waals surface area contributed by atoms with Crippen LogP contribution in [0.25, 0.3) is 0 Å². The largest absolute Gasteiger partial charge is 0.493 e. The number of methoxy groups -OCH3 is 2. The van der Waals surface area contributed by atoms with E-state index in [-0.39, 0.29) is 0 Å². The number of hydrogen-bond donors (Lipinski definition) is 1. The SMILES string of the molecule is COc1ccc(Nc2ccnc(N3c4ccccc4CC3C)n2)cc1OC. The van der Waals surface area contributed by atoms with E-state index in [0.717, 1.165) is 17.9 Å². The Morgan fingerprint density at radius 2 is 1.85 bits per heavy atom. The van der Waals surface area contributed by atoms with Crippen LogP contribution in [0.1, 0.15) is 12.5 Å². The number of ether oxygens (including phenoxy) is 2. The maximum absolute atomic E-state index is 5.37. The Kier molecular flexibility index (Phi) is 4.54. The monoisotopic (exact) mass is 362 g/mol. The van der Waals surface area contributed by atoms with E-state index in [4.69, 9.17) is 14.5 Å². The van der Waals surface area contributed by atoms with Crippen molar-refractivity contribution >= 4 is 23.1 Å². The number of para-hydroxylation sites is 1. The quantitative estimate of drug-likeness (QED) is 0.729. The minimum absolute atomic E-state index is 0.318. The van der Waals surface area contributed by atoms with Gasteiger partial charge in [-0.25, -0.2) is 4.98 Å². The van der Waals surface area contributed by atoms with Crippen LogP contribution in [0.5, 0.6) is 11.5 Å². The molecule has 1 N–H and O–H groups in total. The van der Waals surface area contributed by atoms with Crippen LogP contribution in [0.4, 0.5) is 23.1 Å². The van der Waals surface area contributed by atoms with Crippen molar-refractivity contribution in [2.24, 2.45) is 0 Å². The minimum Gasteiger partial charge on any atom is -0.493 e. The van der Waals surface area contributed by atoms with Gasteiger partial charge in [-0.1, -0.05) is 18.2 Å². The first kappa shape index (κ1) is 17.1. The zero-order valence-electron chi connectivity index (χ0n) is 15.6. The van der Waals surface area contributed by atoms with E-state index in [1.165, 1.54) is 11.3 Å². The fraction of sp³-hybridized carbons (Fsp3) is 0.238. The van der Waals surface area contributed by atoms with Crippen molar-refractivity contribution in [1.29, 1.82) is 0 Å². The molecule has 3 aromatic rings. The molecule has 1 aliphatic rings. The minimum atomic E-state index is 0.318. The summed E-state index contributed by atoms with van der Waals surface area (Å²) < 4.78 is 10.7. The molecule has 6 nitrogen and oxygen atoms in total. The number of fused-ring (bicyclic) bond motifs is 1. The van der Waals surface area contributed by atoms with Crippen molar-refractivity contribution in [3.8, 4) is 11.5 Å². The van der Waals surface area contributed by atoms with Crippen LogP contribution in [0.3, 0.4) is 0 Å². The van der Waals surface area contributed by atoms with Crippen molar-refractivity contribution in [3.63, 3.8) is 0 Å². The molecule has 1 unspecified atom stereocenters. The Bertz CT molecular complexity index is 960. The molecule has 0 bridgehead atoms. The molecule has 27 heavy (non-hydrogen) atoms. The lowest BCUT2D eigenvalue weighted by molar-refractivity contribution is 0.355. The molecule has 138 valence electrons. The summed E-state index contributed by atoms with van der Waals surface area (Å²) >= 11 is 0. The van der Waals surface area contributed by atoms with Crippen LogP contribution >= 0.6 is 0 Å². The summed E-state index contributed by atoms with van der Waals surface area (Å²) in [5, 5.41) is 3.32. The predicted molar refractivity (Wildman–Crippen MR) is 107 cm³/mol. The van der Waals surface area contributed by atoms with E-state index in [0.29, 0.717) is 23.5 Å². The third-order valence-electron chi connectivity index (χ3n) is 4.72. The van der Waals surface area contributed by atoms with Crippen LogP contribution in [-0.2, 0) is 6.42 Å². The smallest absolute Gasteiger partial charge is 0.232 e. The van der Waals surface area contributed by atoms with Crippen molar-refractivity contribution in [3.05, 3.63) is 60.3 Å². The highest BCUT2D eigenvalue weighted by Gasteiger charge is 2.28. The molecule has 0 aliphatic carbocycles. The fourth-order valence-electron chi connectivity index (χ4n) is 3.47. The van der Waals surface area contributed by atoms with Gasteiger partial charge in [-0.15, -0.1) is 0 Å². The predicted octanol–water partition coefficient (Wildman–Crippen LogP) is 4.32. The highest BCUT2D eigenvalue weighted by Crippen LogP contribution is 2.37. The van der Waals surface area contributed by atoms with Crippen molar-refractivity contribution in [1.82, 2.24) is 9.97 Å². The van der Waals surface area contributed by atoms with Gasteiger partial charge in [-0.2, -0.15) is 4.98 Å². The number of benzene rings is 2. The van der Waals surface area contributed by atoms with Crippen LogP contribution in [0, 0.1) is 0 Å². The average molecular weight is 362 g/mol. The van der Waals surface area contributed by atoms with Crippen molar-refractivity contribution in [2.45, 2.75) is 19.4 Å². The van der Waals surface area contributed by atoms with E-state index >= 15 is 0 Å². The number of hydrogen-bond acceptors (Lipinski definition) is 6. The van der Waals surface area contributed by atoms with Gasteiger partial charge in [0.05, 0.1) is 14.2 Å². The molecule has 0 radical (unpaired) electrons. The molecule has 6 heteroatoms. The third-order valence-corrected chi connectivity index (χ3v) is 4.72. The highest BCUT2D eigenvalue weighted by atomic mass is 16.5. The summed E-state index contributed by atoms with van der Waals surface area (Å²) in [6, 6.07) is 16.3. The normalized spacial score (nSPS) is 15.4. The lowest BCUT2D eigenvalue weighted by Crippen LogP contribution is -2.25. The van der Waals surface area contributed by atoms with Gasteiger partial charge in [0.15, 0.2) is 11.5 Å².